The number of hydrogen-bond donors (Lipinski definition) is 2. The monoisotopic (exact) mass is 342 g/mol. The topological polar surface area (TPSA) is 115 Å². The van der Waals surface area contributed by atoms with E-state index in [4.69, 9.17) is 5.73 Å². The van der Waals surface area contributed by atoms with Crippen molar-refractivity contribution >= 4 is 32.7 Å². The van der Waals surface area contributed by atoms with E-state index in [1.165, 1.54) is 24.5 Å². The molecule has 3 rings (SSSR count). The van der Waals surface area contributed by atoms with Crippen LogP contribution in [0.2, 0.25) is 0 Å². The molecule has 0 fully saturated rings. The Kier molecular flexibility index (Phi) is 3.90. The van der Waals surface area contributed by atoms with Crippen LogP contribution >= 0.6 is 0 Å². The molecule has 0 aliphatic heterocycles. The SMILES string of the molecule is Cc1cccc(C(N)=O)c1NS(=O)(=O)c1cccc2nccnc12. The molecule has 3 N–H and O–H groups in total. The standard InChI is InChI=1S/C16H14N4O3S/c1-10-4-2-5-11(16(17)21)14(10)20-24(22,23)13-7-3-6-12-15(13)19-9-8-18-12/h2-9,20H,1H3,(H2,17,21). The number of anilines is 1. The van der Waals surface area contributed by atoms with Crippen LogP contribution in [0.3, 0.4) is 0 Å². The number of benzene rings is 2. The van der Waals surface area contributed by atoms with Crippen LogP contribution in [-0.2, 0) is 10.0 Å². The molecule has 0 spiro atoms. The number of carbonyl (C=O) groups is 1. The van der Waals surface area contributed by atoms with E-state index in [1.807, 2.05) is 0 Å². The minimum Gasteiger partial charge on any atom is -0.366 e. The van der Waals surface area contributed by atoms with Crippen LogP contribution in [0, 0.1) is 6.92 Å². The molecule has 0 bridgehead atoms. The van der Waals surface area contributed by atoms with Gasteiger partial charge in [0, 0.05) is 12.4 Å². The Morgan fingerprint density at radius 1 is 1.08 bits per heavy atom. The van der Waals surface area contributed by atoms with Crippen molar-refractivity contribution in [3.63, 3.8) is 0 Å². The van der Waals surface area contributed by atoms with E-state index in [-0.39, 0.29) is 21.7 Å². The maximum absolute atomic E-state index is 12.8. The highest BCUT2D eigenvalue weighted by atomic mass is 32.2. The van der Waals surface area contributed by atoms with E-state index in [1.54, 1.807) is 31.2 Å². The van der Waals surface area contributed by atoms with Crippen LogP contribution < -0.4 is 10.5 Å². The van der Waals surface area contributed by atoms with Gasteiger partial charge in [0.25, 0.3) is 15.9 Å². The van der Waals surface area contributed by atoms with Crippen molar-refractivity contribution < 1.29 is 13.2 Å². The van der Waals surface area contributed by atoms with Crippen molar-refractivity contribution in [1.82, 2.24) is 9.97 Å². The molecule has 0 saturated carbocycles. The third-order valence-corrected chi connectivity index (χ3v) is 4.91. The molecule has 0 atom stereocenters. The molecule has 0 unspecified atom stereocenters. The van der Waals surface area contributed by atoms with E-state index in [0.717, 1.165) is 0 Å². The fourth-order valence-corrected chi connectivity index (χ4v) is 3.70. The number of carbonyl (C=O) groups excluding carboxylic acids is 1. The smallest absolute Gasteiger partial charge is 0.264 e. The Hall–Kier alpha value is -3.00. The number of rotatable bonds is 4. The molecule has 0 radical (unpaired) electrons. The predicted octanol–water partition coefficient (Wildman–Crippen LogP) is 1.84. The van der Waals surface area contributed by atoms with E-state index >= 15 is 0 Å². The summed E-state index contributed by atoms with van der Waals surface area (Å²) in [7, 11) is -3.98. The number of hydrogen-bond acceptors (Lipinski definition) is 5. The average molecular weight is 342 g/mol. The number of sulfonamides is 1. The van der Waals surface area contributed by atoms with Crippen molar-refractivity contribution in [2.45, 2.75) is 11.8 Å². The van der Waals surface area contributed by atoms with Gasteiger partial charge in [0.2, 0.25) is 0 Å². The average Bonchev–Trinajstić information content (AvgIpc) is 2.55. The number of fused-ring (bicyclic) bond motifs is 1. The maximum atomic E-state index is 12.8. The summed E-state index contributed by atoms with van der Waals surface area (Å²) in [6, 6.07) is 9.48. The van der Waals surface area contributed by atoms with Gasteiger partial charge in [-0.1, -0.05) is 18.2 Å². The molecule has 2 aromatic carbocycles. The number of aromatic nitrogens is 2. The summed E-state index contributed by atoms with van der Waals surface area (Å²) in [4.78, 5) is 19.7. The number of primary amides is 1. The number of nitrogens with zero attached hydrogens (tertiary/aromatic N) is 2. The Bertz CT molecular complexity index is 1040. The fraction of sp³-hybridized carbons (Fsp3) is 0.0625. The number of nitrogens with two attached hydrogens (primary N) is 1. The van der Waals surface area contributed by atoms with Crippen LogP contribution in [0.15, 0.2) is 53.7 Å². The van der Waals surface area contributed by atoms with Gasteiger partial charge < -0.3 is 5.73 Å². The number of para-hydroxylation sites is 2. The van der Waals surface area contributed by atoms with Crippen molar-refractivity contribution in [3.05, 3.63) is 59.9 Å². The summed E-state index contributed by atoms with van der Waals surface area (Å²) in [6.45, 7) is 1.69. The summed E-state index contributed by atoms with van der Waals surface area (Å²) < 4.78 is 28.1. The largest absolute Gasteiger partial charge is 0.366 e. The molecule has 3 aromatic rings. The molecule has 1 heterocycles. The molecule has 122 valence electrons. The zero-order valence-electron chi connectivity index (χ0n) is 12.7. The van der Waals surface area contributed by atoms with Gasteiger partial charge in [0.15, 0.2) is 0 Å². The lowest BCUT2D eigenvalue weighted by atomic mass is 10.1. The Morgan fingerprint density at radius 2 is 1.79 bits per heavy atom. The molecular formula is C16H14N4O3S. The van der Waals surface area contributed by atoms with Crippen molar-refractivity contribution in [3.8, 4) is 0 Å². The molecule has 1 amide bonds. The lowest BCUT2D eigenvalue weighted by Gasteiger charge is -2.14. The predicted molar refractivity (Wildman–Crippen MR) is 90.0 cm³/mol. The second-order valence-corrected chi connectivity index (χ2v) is 6.80. The third-order valence-electron chi connectivity index (χ3n) is 3.53. The Morgan fingerprint density at radius 3 is 2.54 bits per heavy atom. The van der Waals surface area contributed by atoms with Crippen LogP contribution in [0.5, 0.6) is 0 Å². The Balaban J connectivity index is 2.15. The van der Waals surface area contributed by atoms with Crippen molar-refractivity contribution in [1.29, 1.82) is 0 Å². The number of nitrogens with one attached hydrogen (secondary N) is 1. The van der Waals surface area contributed by atoms with Gasteiger partial charge in [-0.05, 0) is 30.7 Å². The van der Waals surface area contributed by atoms with Crippen LogP contribution in [-0.4, -0.2) is 24.3 Å². The maximum Gasteiger partial charge on any atom is 0.264 e. The van der Waals surface area contributed by atoms with Gasteiger partial charge in [0.1, 0.15) is 10.4 Å². The summed E-state index contributed by atoms with van der Waals surface area (Å²) in [6.07, 6.45) is 2.91. The summed E-state index contributed by atoms with van der Waals surface area (Å²) in [5.74, 6) is -0.714. The minimum atomic E-state index is -3.98. The van der Waals surface area contributed by atoms with Gasteiger partial charge >= 0.3 is 0 Å². The minimum absolute atomic E-state index is 0.0215. The van der Waals surface area contributed by atoms with Gasteiger partial charge in [-0.3, -0.25) is 19.5 Å². The van der Waals surface area contributed by atoms with Gasteiger partial charge in [0.05, 0.1) is 16.8 Å². The normalized spacial score (nSPS) is 11.4. The van der Waals surface area contributed by atoms with Gasteiger partial charge in [-0.25, -0.2) is 8.42 Å². The lowest BCUT2D eigenvalue weighted by Crippen LogP contribution is -2.20. The number of amides is 1. The third kappa shape index (κ3) is 2.79. The van der Waals surface area contributed by atoms with Crippen molar-refractivity contribution in [2.75, 3.05) is 4.72 Å². The fourth-order valence-electron chi connectivity index (χ4n) is 2.38. The van der Waals surface area contributed by atoms with Crippen LogP contribution in [0.4, 0.5) is 5.69 Å². The lowest BCUT2D eigenvalue weighted by molar-refractivity contribution is 0.100. The summed E-state index contributed by atoms with van der Waals surface area (Å²) >= 11 is 0. The highest BCUT2D eigenvalue weighted by molar-refractivity contribution is 7.93. The van der Waals surface area contributed by atoms with Gasteiger partial charge in [-0.2, -0.15) is 0 Å². The van der Waals surface area contributed by atoms with E-state index in [2.05, 4.69) is 14.7 Å². The molecule has 7 nitrogen and oxygen atoms in total. The first-order valence-electron chi connectivity index (χ1n) is 7.02. The molecular weight excluding hydrogens is 328 g/mol. The van der Waals surface area contributed by atoms with Crippen molar-refractivity contribution in [2.24, 2.45) is 5.73 Å². The molecule has 1 aromatic heterocycles. The van der Waals surface area contributed by atoms with Gasteiger partial charge in [-0.15, -0.1) is 0 Å². The zero-order valence-corrected chi connectivity index (χ0v) is 13.5. The van der Waals surface area contributed by atoms with E-state index < -0.39 is 15.9 Å². The molecule has 24 heavy (non-hydrogen) atoms. The summed E-state index contributed by atoms with van der Waals surface area (Å²) in [5, 5.41) is 0. The van der Waals surface area contributed by atoms with Crippen LogP contribution in [0.25, 0.3) is 11.0 Å². The molecule has 8 heteroatoms. The quantitative estimate of drug-likeness (QED) is 0.750. The molecule has 0 saturated heterocycles. The summed E-state index contributed by atoms with van der Waals surface area (Å²) in [5.41, 5.74) is 6.89. The molecule has 0 aliphatic rings. The number of aryl methyl sites for hydroxylation is 1. The first-order chi connectivity index (χ1) is 11.4. The molecule has 0 aliphatic carbocycles. The highest BCUT2D eigenvalue weighted by Crippen LogP contribution is 2.26. The van der Waals surface area contributed by atoms with E-state index in [9.17, 15) is 13.2 Å². The highest BCUT2D eigenvalue weighted by Gasteiger charge is 2.22. The first-order valence-corrected chi connectivity index (χ1v) is 8.50. The first kappa shape index (κ1) is 15.9. The second-order valence-electron chi connectivity index (χ2n) is 5.15. The Labute approximate surface area is 138 Å². The van der Waals surface area contributed by atoms with E-state index in [0.29, 0.717) is 11.1 Å². The zero-order chi connectivity index (χ0) is 17.3. The van der Waals surface area contributed by atoms with Crippen LogP contribution in [0.1, 0.15) is 15.9 Å². The second kappa shape index (κ2) is 5.89.